The van der Waals surface area contributed by atoms with Crippen molar-refractivity contribution in [2.24, 2.45) is 11.8 Å². The number of ether oxygens (including phenoxy) is 2. The fraction of sp³-hybridized carbons (Fsp3) is 0.800. The van der Waals surface area contributed by atoms with Crippen LogP contribution >= 0.6 is 0 Å². The predicted octanol–water partition coefficient (Wildman–Crippen LogP) is 0.932. The Bertz CT molecular complexity index is 202. The van der Waals surface area contributed by atoms with Gasteiger partial charge in [0.05, 0.1) is 12.2 Å². The third-order valence-electron chi connectivity index (χ3n) is 3.01. The molecule has 0 amide bonds. The first-order chi connectivity index (χ1) is 6.31. The lowest BCUT2D eigenvalue weighted by Gasteiger charge is -2.23. The van der Waals surface area contributed by atoms with Crippen LogP contribution in [-0.4, -0.2) is 31.2 Å². The maximum absolute atomic E-state index is 9.66. The van der Waals surface area contributed by atoms with Crippen LogP contribution in [0.3, 0.4) is 0 Å². The Morgan fingerprint density at radius 3 is 3.00 bits per heavy atom. The second-order valence-electron chi connectivity index (χ2n) is 3.88. The Balaban J connectivity index is 1.94. The van der Waals surface area contributed by atoms with Crippen LogP contribution < -0.4 is 0 Å². The predicted molar refractivity (Wildman–Crippen MR) is 48.1 cm³/mol. The number of allylic oxidation sites excluding steroid dienone is 1. The van der Waals surface area contributed by atoms with Crippen molar-refractivity contribution < 1.29 is 14.6 Å². The third-order valence-corrected chi connectivity index (χ3v) is 3.01. The molecular weight excluding hydrogens is 168 g/mol. The molecule has 0 heterocycles. The Hall–Kier alpha value is -0.380. The first-order valence-corrected chi connectivity index (χ1v) is 4.78. The molecule has 3 nitrogen and oxygen atoms in total. The third kappa shape index (κ3) is 1.77. The molecule has 2 aliphatic carbocycles. The molecular formula is C10H16O3. The number of methoxy groups -OCH3 is 1. The summed E-state index contributed by atoms with van der Waals surface area (Å²) in [6.45, 7) is 0.334. The first-order valence-electron chi connectivity index (χ1n) is 4.78. The van der Waals surface area contributed by atoms with E-state index in [4.69, 9.17) is 9.47 Å². The molecule has 1 N–H and O–H groups in total. The van der Waals surface area contributed by atoms with Gasteiger partial charge in [-0.2, -0.15) is 0 Å². The molecule has 0 saturated heterocycles. The molecule has 1 saturated carbocycles. The van der Waals surface area contributed by atoms with Crippen molar-refractivity contribution in [1.82, 2.24) is 0 Å². The van der Waals surface area contributed by atoms with Gasteiger partial charge in [-0.1, -0.05) is 12.2 Å². The second-order valence-corrected chi connectivity index (χ2v) is 3.88. The molecule has 0 unspecified atom stereocenters. The maximum atomic E-state index is 9.66. The van der Waals surface area contributed by atoms with E-state index in [9.17, 15) is 5.11 Å². The van der Waals surface area contributed by atoms with Crippen LogP contribution in [0.2, 0.25) is 0 Å². The van der Waals surface area contributed by atoms with Crippen LogP contribution in [-0.2, 0) is 9.47 Å². The molecule has 13 heavy (non-hydrogen) atoms. The number of rotatable bonds is 3. The van der Waals surface area contributed by atoms with Crippen molar-refractivity contribution in [1.29, 1.82) is 0 Å². The van der Waals surface area contributed by atoms with E-state index in [0.717, 1.165) is 12.8 Å². The highest BCUT2D eigenvalue weighted by Gasteiger charge is 2.39. The molecule has 0 spiro atoms. The number of aliphatic hydroxyl groups is 1. The fourth-order valence-corrected chi connectivity index (χ4v) is 2.35. The molecule has 2 rings (SSSR count). The number of hydrogen-bond donors (Lipinski definition) is 1. The summed E-state index contributed by atoms with van der Waals surface area (Å²) >= 11 is 0. The lowest BCUT2D eigenvalue weighted by molar-refractivity contribution is -0.0946. The van der Waals surface area contributed by atoms with E-state index < -0.39 is 0 Å². The van der Waals surface area contributed by atoms with Gasteiger partial charge in [0.15, 0.2) is 0 Å². The minimum atomic E-state index is -0.319. The van der Waals surface area contributed by atoms with Gasteiger partial charge >= 0.3 is 0 Å². The van der Waals surface area contributed by atoms with Gasteiger partial charge in [-0.15, -0.1) is 0 Å². The minimum Gasteiger partial charge on any atom is -0.389 e. The highest BCUT2D eigenvalue weighted by molar-refractivity contribution is 5.09. The Morgan fingerprint density at radius 1 is 1.38 bits per heavy atom. The molecule has 0 aromatic rings. The smallest absolute Gasteiger partial charge is 0.146 e. The molecule has 1 fully saturated rings. The van der Waals surface area contributed by atoms with Gasteiger partial charge in [0.1, 0.15) is 6.79 Å². The summed E-state index contributed by atoms with van der Waals surface area (Å²) in [4.78, 5) is 0. The van der Waals surface area contributed by atoms with Gasteiger partial charge in [-0.25, -0.2) is 0 Å². The lowest BCUT2D eigenvalue weighted by Crippen LogP contribution is -2.29. The van der Waals surface area contributed by atoms with Gasteiger partial charge < -0.3 is 14.6 Å². The van der Waals surface area contributed by atoms with Crippen molar-refractivity contribution in [3.8, 4) is 0 Å². The van der Waals surface area contributed by atoms with Crippen molar-refractivity contribution in [2.75, 3.05) is 13.9 Å². The normalized spacial score (nSPS) is 42.6. The summed E-state index contributed by atoms with van der Waals surface area (Å²) in [6, 6.07) is 0. The zero-order chi connectivity index (χ0) is 9.26. The molecule has 2 aliphatic rings. The Kier molecular flexibility index (Phi) is 2.67. The lowest BCUT2D eigenvalue weighted by atomic mass is 9.92. The van der Waals surface area contributed by atoms with Gasteiger partial charge in [0, 0.05) is 13.0 Å². The molecule has 74 valence electrons. The van der Waals surface area contributed by atoms with Gasteiger partial charge in [0.25, 0.3) is 0 Å². The van der Waals surface area contributed by atoms with E-state index in [1.165, 1.54) is 0 Å². The van der Waals surface area contributed by atoms with Crippen LogP contribution in [0.5, 0.6) is 0 Å². The van der Waals surface area contributed by atoms with Gasteiger partial charge in [-0.3, -0.25) is 0 Å². The Labute approximate surface area is 78.3 Å². The summed E-state index contributed by atoms with van der Waals surface area (Å²) < 4.78 is 10.4. The van der Waals surface area contributed by atoms with Crippen LogP contribution in [0.25, 0.3) is 0 Å². The minimum absolute atomic E-state index is 0.176. The average molecular weight is 184 g/mol. The number of aliphatic hydroxyl groups excluding tert-OH is 1. The maximum Gasteiger partial charge on any atom is 0.146 e. The van der Waals surface area contributed by atoms with Crippen LogP contribution in [0.4, 0.5) is 0 Å². The van der Waals surface area contributed by atoms with E-state index >= 15 is 0 Å². The van der Waals surface area contributed by atoms with E-state index in [1.807, 2.05) is 6.08 Å². The standard InChI is InChI=1S/C10H16O3/c1-12-6-13-10-5-7-2-3-9(11)8(10)4-7/h2-3,7-11H,4-6H2,1H3/t7-,8-,9+,10-/m0/s1. The molecule has 0 radical (unpaired) electrons. The Morgan fingerprint density at radius 2 is 2.23 bits per heavy atom. The highest BCUT2D eigenvalue weighted by atomic mass is 16.7. The topological polar surface area (TPSA) is 38.7 Å². The zero-order valence-electron chi connectivity index (χ0n) is 7.85. The largest absolute Gasteiger partial charge is 0.389 e. The first kappa shape index (κ1) is 9.19. The van der Waals surface area contributed by atoms with E-state index in [2.05, 4.69) is 6.08 Å². The van der Waals surface area contributed by atoms with Crippen molar-refractivity contribution >= 4 is 0 Å². The highest BCUT2D eigenvalue weighted by Crippen LogP contribution is 2.40. The van der Waals surface area contributed by atoms with Gasteiger partial charge in [-0.05, 0) is 18.8 Å². The monoisotopic (exact) mass is 184 g/mol. The summed E-state index contributed by atoms with van der Waals surface area (Å²) in [6.07, 6.45) is 5.95. The van der Waals surface area contributed by atoms with Crippen molar-refractivity contribution in [3.63, 3.8) is 0 Å². The van der Waals surface area contributed by atoms with Gasteiger partial charge in [0.2, 0.25) is 0 Å². The summed E-state index contributed by atoms with van der Waals surface area (Å²) in [5.41, 5.74) is 0. The second kappa shape index (κ2) is 3.78. The molecule has 0 aromatic carbocycles. The fourth-order valence-electron chi connectivity index (χ4n) is 2.35. The quantitative estimate of drug-likeness (QED) is 0.524. The van der Waals surface area contributed by atoms with Crippen LogP contribution in [0, 0.1) is 11.8 Å². The number of hydrogen-bond acceptors (Lipinski definition) is 3. The van der Waals surface area contributed by atoms with Crippen molar-refractivity contribution in [3.05, 3.63) is 12.2 Å². The van der Waals surface area contributed by atoms with Crippen LogP contribution in [0.15, 0.2) is 12.2 Å². The van der Waals surface area contributed by atoms with Crippen molar-refractivity contribution in [2.45, 2.75) is 25.0 Å². The molecule has 4 atom stereocenters. The average Bonchev–Trinajstić information content (AvgIpc) is 2.48. The summed E-state index contributed by atoms with van der Waals surface area (Å²) in [5.74, 6) is 0.889. The summed E-state index contributed by atoms with van der Waals surface area (Å²) in [7, 11) is 1.62. The molecule has 3 heteroatoms. The van der Waals surface area contributed by atoms with E-state index in [0.29, 0.717) is 12.7 Å². The molecule has 0 aliphatic heterocycles. The SMILES string of the molecule is COCO[C@H]1C[C@H]2C=C[C@@H](O)[C@@H]1C2. The molecule has 0 aromatic heterocycles. The molecule has 2 bridgehead atoms. The van der Waals surface area contributed by atoms with Crippen LogP contribution in [0.1, 0.15) is 12.8 Å². The number of fused-ring (bicyclic) bond motifs is 2. The van der Waals surface area contributed by atoms with E-state index in [-0.39, 0.29) is 18.1 Å². The summed E-state index contributed by atoms with van der Waals surface area (Å²) in [5, 5.41) is 9.66. The zero-order valence-corrected chi connectivity index (χ0v) is 7.85. The van der Waals surface area contributed by atoms with E-state index in [1.54, 1.807) is 7.11 Å².